The lowest BCUT2D eigenvalue weighted by Gasteiger charge is -2.16. The Bertz CT molecular complexity index is 417. The molecule has 0 bridgehead atoms. The molecule has 7 heteroatoms. The van der Waals surface area contributed by atoms with Crippen LogP contribution in [0, 0.1) is 0 Å². The Morgan fingerprint density at radius 3 is 2.55 bits per heavy atom. The highest BCUT2D eigenvalue weighted by Crippen LogP contribution is 2.32. The maximum absolute atomic E-state index is 12.3. The number of halogens is 3. The molecule has 0 radical (unpaired) electrons. The van der Waals surface area contributed by atoms with Crippen LogP contribution in [0.15, 0.2) is 0 Å². The van der Waals surface area contributed by atoms with Gasteiger partial charge in [-0.25, -0.2) is 4.98 Å². The molecule has 0 aromatic carbocycles. The van der Waals surface area contributed by atoms with Crippen LogP contribution in [0.4, 0.5) is 18.3 Å². The summed E-state index contributed by atoms with van der Waals surface area (Å²) in [6, 6.07) is 0. The Kier molecular flexibility index (Phi) is 6.26. The molecular weight excluding hydrogens is 287 g/mol. The second kappa shape index (κ2) is 7.26. The predicted octanol–water partition coefficient (Wildman–Crippen LogP) is 3.76. The Morgan fingerprint density at radius 2 is 2.05 bits per heavy atom. The van der Waals surface area contributed by atoms with Crippen molar-refractivity contribution in [1.82, 2.24) is 10.3 Å². The van der Waals surface area contributed by atoms with Gasteiger partial charge in [0, 0.05) is 25.0 Å². The number of aromatic nitrogens is 1. The van der Waals surface area contributed by atoms with Gasteiger partial charge in [0.15, 0.2) is 5.13 Å². The van der Waals surface area contributed by atoms with E-state index in [1.165, 1.54) is 11.3 Å². The Morgan fingerprint density at radius 1 is 1.40 bits per heavy atom. The smallest absolute Gasteiger partial charge is 0.351 e. The van der Waals surface area contributed by atoms with Crippen LogP contribution in [0.5, 0.6) is 0 Å². The number of anilines is 1. The summed E-state index contributed by atoms with van der Waals surface area (Å²) in [4.78, 5) is 7.23. The molecule has 1 aromatic rings. The van der Waals surface area contributed by atoms with Crippen molar-refractivity contribution in [2.75, 3.05) is 25.5 Å². The fourth-order valence-electron chi connectivity index (χ4n) is 1.77. The van der Waals surface area contributed by atoms with Gasteiger partial charge in [0.25, 0.3) is 0 Å². The van der Waals surface area contributed by atoms with E-state index in [0.717, 1.165) is 17.0 Å². The SMILES string of the molecule is CCC(C)c1nc(N(C)CCC(F)(F)F)sc1CNC. The van der Waals surface area contributed by atoms with Gasteiger partial charge in [0.1, 0.15) is 0 Å². The normalized spacial score (nSPS) is 13.6. The number of thiazole rings is 1. The van der Waals surface area contributed by atoms with Crippen LogP contribution in [0.3, 0.4) is 0 Å². The second-order valence-corrected chi connectivity index (χ2v) is 5.99. The standard InChI is InChI=1S/C13H22F3N3S/c1-5-9(2)11-10(8-17-3)20-12(18-11)19(4)7-6-13(14,15)16/h9,17H,5-8H2,1-4H3. The molecule has 0 saturated carbocycles. The van der Waals surface area contributed by atoms with E-state index in [4.69, 9.17) is 0 Å². The Balaban J connectivity index is 2.84. The zero-order valence-electron chi connectivity index (χ0n) is 12.3. The third-order valence-corrected chi connectivity index (χ3v) is 4.38. The van der Waals surface area contributed by atoms with E-state index in [1.807, 2.05) is 7.05 Å². The minimum Gasteiger partial charge on any atom is -0.351 e. The first-order valence-corrected chi connectivity index (χ1v) is 7.52. The summed E-state index contributed by atoms with van der Waals surface area (Å²) in [6.07, 6.45) is -3.98. The maximum atomic E-state index is 12.3. The number of hydrogen-bond donors (Lipinski definition) is 1. The summed E-state index contributed by atoms with van der Waals surface area (Å²) >= 11 is 1.47. The number of nitrogens with zero attached hydrogens (tertiary/aromatic N) is 2. The zero-order valence-corrected chi connectivity index (χ0v) is 13.2. The minimum atomic E-state index is -4.13. The van der Waals surface area contributed by atoms with Crippen molar-refractivity contribution in [3.05, 3.63) is 10.6 Å². The highest BCUT2D eigenvalue weighted by Gasteiger charge is 2.28. The number of hydrogen-bond acceptors (Lipinski definition) is 4. The summed E-state index contributed by atoms with van der Waals surface area (Å²) in [7, 11) is 3.52. The van der Waals surface area contributed by atoms with Gasteiger partial charge in [-0.1, -0.05) is 13.8 Å². The lowest BCUT2D eigenvalue weighted by Crippen LogP contribution is -2.23. The van der Waals surface area contributed by atoms with Crippen molar-refractivity contribution in [3.8, 4) is 0 Å². The highest BCUT2D eigenvalue weighted by atomic mass is 32.1. The molecule has 20 heavy (non-hydrogen) atoms. The van der Waals surface area contributed by atoms with Gasteiger partial charge in [0.2, 0.25) is 0 Å². The molecule has 1 rings (SSSR count). The van der Waals surface area contributed by atoms with E-state index >= 15 is 0 Å². The zero-order chi connectivity index (χ0) is 15.3. The van der Waals surface area contributed by atoms with Crippen molar-refractivity contribution >= 4 is 16.5 Å². The molecule has 1 unspecified atom stereocenters. The van der Waals surface area contributed by atoms with E-state index in [0.29, 0.717) is 17.6 Å². The minimum absolute atomic E-state index is 0.0596. The topological polar surface area (TPSA) is 28.2 Å². The molecular formula is C13H22F3N3S. The quantitative estimate of drug-likeness (QED) is 0.831. The first kappa shape index (κ1) is 17.2. The predicted molar refractivity (Wildman–Crippen MR) is 77.5 cm³/mol. The molecule has 0 saturated heterocycles. The molecule has 0 aliphatic carbocycles. The van der Waals surface area contributed by atoms with E-state index in [2.05, 4.69) is 24.1 Å². The third kappa shape index (κ3) is 4.94. The van der Waals surface area contributed by atoms with Gasteiger partial charge >= 0.3 is 6.18 Å². The van der Waals surface area contributed by atoms with Crippen molar-refractivity contribution in [1.29, 1.82) is 0 Å². The number of nitrogens with one attached hydrogen (secondary N) is 1. The maximum Gasteiger partial charge on any atom is 0.390 e. The highest BCUT2D eigenvalue weighted by molar-refractivity contribution is 7.15. The first-order chi connectivity index (χ1) is 9.28. The van der Waals surface area contributed by atoms with E-state index < -0.39 is 12.6 Å². The molecule has 0 aliphatic heterocycles. The molecule has 1 heterocycles. The fraction of sp³-hybridized carbons (Fsp3) is 0.769. The molecule has 116 valence electrons. The van der Waals surface area contributed by atoms with Crippen molar-refractivity contribution in [2.45, 2.75) is 45.3 Å². The van der Waals surface area contributed by atoms with Crippen molar-refractivity contribution in [3.63, 3.8) is 0 Å². The molecule has 1 N–H and O–H groups in total. The summed E-state index contributed by atoms with van der Waals surface area (Å²) in [6.45, 7) is 4.81. The summed E-state index contributed by atoms with van der Waals surface area (Å²) in [5.41, 5.74) is 1.00. The second-order valence-electron chi connectivity index (χ2n) is 4.93. The van der Waals surface area contributed by atoms with Crippen LogP contribution in [-0.2, 0) is 6.54 Å². The van der Waals surface area contributed by atoms with E-state index in [9.17, 15) is 13.2 Å². The first-order valence-electron chi connectivity index (χ1n) is 6.70. The largest absolute Gasteiger partial charge is 0.390 e. The molecule has 0 amide bonds. The van der Waals surface area contributed by atoms with Crippen LogP contribution in [0.2, 0.25) is 0 Å². The van der Waals surface area contributed by atoms with Gasteiger partial charge in [-0.05, 0) is 19.4 Å². The van der Waals surface area contributed by atoms with Crippen molar-refractivity contribution in [2.24, 2.45) is 0 Å². The lowest BCUT2D eigenvalue weighted by molar-refractivity contribution is -0.132. The average molecular weight is 309 g/mol. The van der Waals surface area contributed by atoms with E-state index in [1.54, 1.807) is 11.9 Å². The van der Waals surface area contributed by atoms with Crippen molar-refractivity contribution < 1.29 is 13.2 Å². The number of alkyl halides is 3. The van der Waals surface area contributed by atoms with Crippen LogP contribution >= 0.6 is 11.3 Å². The fourth-order valence-corrected chi connectivity index (χ4v) is 2.95. The van der Waals surface area contributed by atoms with Gasteiger partial charge in [-0.2, -0.15) is 13.2 Å². The van der Waals surface area contributed by atoms with Crippen LogP contribution in [-0.4, -0.2) is 31.8 Å². The molecule has 0 spiro atoms. The molecule has 3 nitrogen and oxygen atoms in total. The van der Waals surface area contributed by atoms with Gasteiger partial charge in [-0.3, -0.25) is 0 Å². The van der Waals surface area contributed by atoms with E-state index in [-0.39, 0.29) is 6.54 Å². The Hall–Kier alpha value is -0.820. The van der Waals surface area contributed by atoms with Gasteiger partial charge in [-0.15, -0.1) is 11.3 Å². The van der Waals surface area contributed by atoms with Gasteiger partial charge < -0.3 is 10.2 Å². The van der Waals surface area contributed by atoms with Gasteiger partial charge in [0.05, 0.1) is 12.1 Å². The monoisotopic (exact) mass is 309 g/mol. The average Bonchev–Trinajstić information content (AvgIpc) is 2.78. The third-order valence-electron chi connectivity index (χ3n) is 3.19. The van der Waals surface area contributed by atoms with Crippen LogP contribution in [0.25, 0.3) is 0 Å². The Labute approximate surface area is 122 Å². The van der Waals surface area contributed by atoms with Crippen LogP contribution < -0.4 is 10.2 Å². The molecule has 0 aliphatic rings. The summed E-state index contributed by atoms with van der Waals surface area (Å²) in [5, 5.41) is 3.75. The summed E-state index contributed by atoms with van der Waals surface area (Å²) in [5.74, 6) is 0.319. The summed E-state index contributed by atoms with van der Waals surface area (Å²) < 4.78 is 36.8. The van der Waals surface area contributed by atoms with Crippen LogP contribution in [0.1, 0.15) is 43.2 Å². The lowest BCUT2D eigenvalue weighted by atomic mass is 10.0. The molecule has 1 atom stereocenters. The molecule has 0 fully saturated rings. The number of rotatable bonds is 7. The molecule has 1 aromatic heterocycles.